The highest BCUT2D eigenvalue weighted by atomic mass is 16.6. The van der Waals surface area contributed by atoms with Crippen LogP contribution in [-0.2, 0) is 4.74 Å². The van der Waals surface area contributed by atoms with E-state index >= 15 is 0 Å². The molecule has 0 aliphatic carbocycles. The third kappa shape index (κ3) is 3.83. The number of carbonyl (C=O) groups is 1. The Morgan fingerprint density at radius 3 is 2.70 bits per heavy atom. The van der Waals surface area contributed by atoms with Crippen LogP contribution in [0, 0.1) is 0 Å². The minimum atomic E-state index is -0.239. The van der Waals surface area contributed by atoms with Crippen LogP contribution < -0.4 is 0 Å². The SMILES string of the molecule is C=C/C=C(/C)N1N=CC=C(N2CCN(C(=O)OCC)CC2)C1=C. The first-order chi connectivity index (χ1) is 11.1. The zero-order chi connectivity index (χ0) is 16.8. The number of ether oxygens (including phenoxy) is 1. The van der Waals surface area contributed by atoms with Gasteiger partial charge >= 0.3 is 6.09 Å². The number of carbonyl (C=O) groups excluding carboxylic acids is 1. The summed E-state index contributed by atoms with van der Waals surface area (Å²) in [7, 11) is 0. The fourth-order valence-corrected chi connectivity index (χ4v) is 2.62. The van der Waals surface area contributed by atoms with Crippen LogP contribution in [0.25, 0.3) is 0 Å². The predicted molar refractivity (Wildman–Crippen MR) is 91.7 cm³/mol. The summed E-state index contributed by atoms with van der Waals surface area (Å²) in [6.45, 7) is 14.8. The van der Waals surface area contributed by atoms with Crippen molar-refractivity contribution in [3.8, 4) is 0 Å². The molecule has 1 saturated heterocycles. The topological polar surface area (TPSA) is 48.4 Å². The Hall–Kier alpha value is -2.50. The van der Waals surface area contributed by atoms with Gasteiger partial charge in [0, 0.05) is 38.1 Å². The molecular weight excluding hydrogens is 292 g/mol. The van der Waals surface area contributed by atoms with Crippen LogP contribution in [0.5, 0.6) is 0 Å². The lowest BCUT2D eigenvalue weighted by atomic mass is 10.2. The van der Waals surface area contributed by atoms with Gasteiger partial charge in [-0.1, -0.05) is 19.2 Å². The summed E-state index contributed by atoms with van der Waals surface area (Å²) in [5, 5.41) is 6.15. The molecule has 124 valence electrons. The van der Waals surface area contributed by atoms with E-state index in [1.165, 1.54) is 0 Å². The summed E-state index contributed by atoms with van der Waals surface area (Å²) in [5.74, 6) is 0. The molecule has 1 amide bonds. The van der Waals surface area contributed by atoms with E-state index < -0.39 is 0 Å². The maximum atomic E-state index is 11.8. The van der Waals surface area contributed by atoms with Gasteiger partial charge < -0.3 is 14.5 Å². The molecule has 0 bridgehead atoms. The molecule has 2 aliphatic heterocycles. The van der Waals surface area contributed by atoms with Gasteiger partial charge in [-0.3, -0.25) is 0 Å². The number of nitrogens with zero attached hydrogens (tertiary/aromatic N) is 4. The highest BCUT2D eigenvalue weighted by Gasteiger charge is 2.26. The van der Waals surface area contributed by atoms with Crippen molar-refractivity contribution in [1.82, 2.24) is 14.8 Å². The molecule has 0 atom stereocenters. The predicted octanol–water partition coefficient (Wildman–Crippen LogP) is 2.55. The molecule has 0 aromatic carbocycles. The second kappa shape index (κ2) is 7.67. The van der Waals surface area contributed by atoms with Gasteiger partial charge in [-0.2, -0.15) is 5.10 Å². The van der Waals surface area contributed by atoms with Gasteiger partial charge in [-0.15, -0.1) is 0 Å². The van der Waals surface area contributed by atoms with Crippen molar-refractivity contribution in [2.45, 2.75) is 13.8 Å². The van der Waals surface area contributed by atoms with E-state index in [0.717, 1.165) is 30.2 Å². The Morgan fingerprint density at radius 1 is 1.39 bits per heavy atom. The number of hydrogen-bond donors (Lipinski definition) is 0. The normalized spacial score (nSPS) is 18.9. The van der Waals surface area contributed by atoms with E-state index in [1.54, 1.807) is 22.2 Å². The van der Waals surface area contributed by atoms with Crippen molar-refractivity contribution in [3.63, 3.8) is 0 Å². The van der Waals surface area contributed by atoms with Crippen LogP contribution in [0.1, 0.15) is 13.8 Å². The van der Waals surface area contributed by atoms with E-state index in [4.69, 9.17) is 4.74 Å². The number of piperazine rings is 1. The van der Waals surface area contributed by atoms with Gasteiger partial charge in [0.1, 0.15) is 0 Å². The Kier molecular flexibility index (Phi) is 5.62. The summed E-state index contributed by atoms with van der Waals surface area (Å²) >= 11 is 0. The van der Waals surface area contributed by atoms with Gasteiger partial charge in [0.25, 0.3) is 0 Å². The standard InChI is InChI=1S/C17H24N4O2/c1-5-7-14(3)21-15(4)16(8-9-18-21)19-10-12-20(13-11-19)17(22)23-6-2/h5,7-9H,1,4,6,10-13H2,2-3H3/b14-7-. The van der Waals surface area contributed by atoms with E-state index in [-0.39, 0.29) is 6.09 Å². The van der Waals surface area contributed by atoms with Gasteiger partial charge in [-0.05, 0) is 26.0 Å². The van der Waals surface area contributed by atoms with Crippen LogP contribution in [0.2, 0.25) is 0 Å². The average Bonchev–Trinajstić information content (AvgIpc) is 2.55. The van der Waals surface area contributed by atoms with E-state index in [2.05, 4.69) is 23.2 Å². The molecule has 0 radical (unpaired) electrons. The first kappa shape index (κ1) is 16.9. The fourth-order valence-electron chi connectivity index (χ4n) is 2.62. The third-order valence-electron chi connectivity index (χ3n) is 3.81. The van der Waals surface area contributed by atoms with Crippen molar-refractivity contribution < 1.29 is 9.53 Å². The smallest absolute Gasteiger partial charge is 0.409 e. The van der Waals surface area contributed by atoms with E-state index in [0.29, 0.717) is 19.7 Å². The van der Waals surface area contributed by atoms with Gasteiger partial charge in [-0.25, -0.2) is 9.80 Å². The van der Waals surface area contributed by atoms with Crippen LogP contribution in [-0.4, -0.2) is 59.9 Å². The quantitative estimate of drug-likeness (QED) is 0.748. The fraction of sp³-hybridized carbons (Fsp3) is 0.412. The molecule has 0 saturated carbocycles. The lowest BCUT2D eigenvalue weighted by Crippen LogP contribution is -2.49. The molecule has 6 heteroatoms. The molecule has 23 heavy (non-hydrogen) atoms. The molecular formula is C17H24N4O2. The zero-order valence-corrected chi connectivity index (χ0v) is 13.9. The summed E-state index contributed by atoms with van der Waals surface area (Å²) in [6.07, 6.45) is 7.11. The average molecular weight is 316 g/mol. The maximum absolute atomic E-state index is 11.8. The van der Waals surface area contributed by atoms with Crippen molar-refractivity contribution in [3.05, 3.63) is 48.5 Å². The second-order valence-corrected chi connectivity index (χ2v) is 5.29. The van der Waals surface area contributed by atoms with Crippen molar-refractivity contribution in [1.29, 1.82) is 0 Å². The van der Waals surface area contributed by atoms with Crippen LogP contribution in [0.15, 0.2) is 53.6 Å². The Labute approximate surface area is 137 Å². The maximum Gasteiger partial charge on any atom is 0.409 e. The van der Waals surface area contributed by atoms with Crippen LogP contribution in [0.4, 0.5) is 4.79 Å². The minimum absolute atomic E-state index is 0.239. The number of rotatable bonds is 4. The van der Waals surface area contributed by atoms with Crippen molar-refractivity contribution >= 4 is 12.3 Å². The Bertz CT molecular complexity index is 569. The van der Waals surface area contributed by atoms with E-state index in [1.807, 2.05) is 26.0 Å². The monoisotopic (exact) mass is 316 g/mol. The molecule has 0 spiro atoms. The summed E-state index contributed by atoms with van der Waals surface area (Å²) in [4.78, 5) is 15.7. The van der Waals surface area contributed by atoms with Gasteiger partial charge in [0.15, 0.2) is 0 Å². The Morgan fingerprint density at radius 2 is 2.09 bits per heavy atom. The highest BCUT2D eigenvalue weighted by molar-refractivity contribution is 5.75. The highest BCUT2D eigenvalue weighted by Crippen LogP contribution is 2.25. The molecule has 2 aliphatic rings. The molecule has 0 unspecified atom stereocenters. The van der Waals surface area contributed by atoms with E-state index in [9.17, 15) is 4.79 Å². The minimum Gasteiger partial charge on any atom is -0.450 e. The molecule has 1 fully saturated rings. The number of allylic oxidation sites excluding steroid dienone is 4. The van der Waals surface area contributed by atoms with Crippen LogP contribution >= 0.6 is 0 Å². The second-order valence-electron chi connectivity index (χ2n) is 5.29. The lowest BCUT2D eigenvalue weighted by Gasteiger charge is -2.39. The molecule has 6 nitrogen and oxygen atoms in total. The summed E-state index contributed by atoms with van der Waals surface area (Å²) in [5.41, 5.74) is 2.81. The van der Waals surface area contributed by atoms with Crippen LogP contribution in [0.3, 0.4) is 0 Å². The third-order valence-corrected chi connectivity index (χ3v) is 3.81. The number of hydrazone groups is 1. The van der Waals surface area contributed by atoms with Gasteiger partial charge in [0.05, 0.1) is 18.0 Å². The number of amides is 1. The first-order valence-electron chi connectivity index (χ1n) is 7.78. The zero-order valence-electron chi connectivity index (χ0n) is 13.9. The lowest BCUT2D eigenvalue weighted by molar-refractivity contribution is 0.0866. The molecule has 0 N–H and O–H groups in total. The number of hydrogen-bond acceptors (Lipinski definition) is 5. The largest absolute Gasteiger partial charge is 0.450 e. The summed E-state index contributed by atoms with van der Waals surface area (Å²) in [6, 6.07) is 0. The van der Waals surface area contributed by atoms with Gasteiger partial charge in [0.2, 0.25) is 0 Å². The molecule has 0 aromatic heterocycles. The molecule has 2 rings (SSSR count). The Balaban J connectivity index is 2.01. The summed E-state index contributed by atoms with van der Waals surface area (Å²) < 4.78 is 5.05. The van der Waals surface area contributed by atoms with Crippen molar-refractivity contribution in [2.75, 3.05) is 32.8 Å². The first-order valence-corrected chi connectivity index (χ1v) is 7.78. The molecule has 0 aromatic rings. The van der Waals surface area contributed by atoms with Crippen molar-refractivity contribution in [2.24, 2.45) is 5.10 Å². The molecule has 2 heterocycles.